The molecule has 0 aliphatic carbocycles. The smallest absolute Gasteiger partial charge is 0.251 e. The van der Waals surface area contributed by atoms with Gasteiger partial charge in [-0.05, 0) is 48.4 Å². The topological polar surface area (TPSA) is 78.5 Å². The van der Waals surface area contributed by atoms with E-state index >= 15 is 0 Å². The first-order valence-corrected chi connectivity index (χ1v) is 11.5. The number of ketones is 1. The van der Waals surface area contributed by atoms with Gasteiger partial charge in [0.25, 0.3) is 11.8 Å². The van der Waals surface area contributed by atoms with E-state index < -0.39 is 23.7 Å². The van der Waals surface area contributed by atoms with Crippen molar-refractivity contribution in [1.82, 2.24) is 15.5 Å². The molecule has 2 amide bonds. The molecule has 2 N–H and O–H groups in total. The lowest BCUT2D eigenvalue weighted by atomic mass is 9.77. The fourth-order valence-electron chi connectivity index (χ4n) is 4.72. The third-order valence-corrected chi connectivity index (χ3v) is 6.38. The van der Waals surface area contributed by atoms with Crippen LogP contribution in [-0.4, -0.2) is 41.6 Å². The second-order valence-electron chi connectivity index (χ2n) is 8.57. The van der Waals surface area contributed by atoms with Gasteiger partial charge in [-0.3, -0.25) is 19.3 Å². The lowest BCUT2D eigenvalue weighted by Crippen LogP contribution is -2.59. The van der Waals surface area contributed by atoms with Gasteiger partial charge < -0.3 is 10.6 Å². The lowest BCUT2D eigenvalue weighted by Gasteiger charge is -2.43. The molecule has 176 valence electrons. The molecule has 0 radical (unpaired) electrons. The van der Waals surface area contributed by atoms with Crippen LogP contribution in [0.15, 0.2) is 96.3 Å². The van der Waals surface area contributed by atoms with Crippen LogP contribution >= 0.6 is 0 Å². The molecule has 2 aliphatic rings. The summed E-state index contributed by atoms with van der Waals surface area (Å²) in [5, 5.41) is 6.15. The minimum absolute atomic E-state index is 0.277. The summed E-state index contributed by atoms with van der Waals surface area (Å²) in [6.45, 7) is 1.04. The number of halogens is 1. The van der Waals surface area contributed by atoms with Crippen molar-refractivity contribution in [3.8, 4) is 0 Å². The molecule has 2 atom stereocenters. The average molecular weight is 470 g/mol. The maximum atomic E-state index is 13.9. The summed E-state index contributed by atoms with van der Waals surface area (Å²) in [5.41, 5.74) is 1.83. The van der Waals surface area contributed by atoms with Gasteiger partial charge in [-0.1, -0.05) is 48.5 Å². The number of benzene rings is 3. The maximum Gasteiger partial charge on any atom is 0.251 e. The van der Waals surface area contributed by atoms with Gasteiger partial charge in [-0.2, -0.15) is 0 Å². The third kappa shape index (κ3) is 4.33. The Morgan fingerprint density at radius 2 is 1.54 bits per heavy atom. The highest BCUT2D eigenvalue weighted by Crippen LogP contribution is 2.38. The molecule has 35 heavy (non-hydrogen) atoms. The number of carbonyl (C=O) groups excluding carboxylic acids is 3. The number of nitrogens with zero attached hydrogens (tertiary/aromatic N) is 1. The van der Waals surface area contributed by atoms with E-state index in [1.807, 2.05) is 36.4 Å². The standard InChI is InChI=1S/C28H24FN3O3/c29-21-14-12-19(13-15-21)25(33)23-22(18-8-3-1-4-9-18)24(28(35)32-17-7-16-30-26(23)32)31-27(34)20-10-5-2-6-11-20/h1-6,8-15,22,24,30H,7,16-17H2,(H,31,34). The zero-order valence-electron chi connectivity index (χ0n) is 18.9. The molecule has 2 aliphatic heterocycles. The Hall–Kier alpha value is -4.26. The van der Waals surface area contributed by atoms with Crippen molar-refractivity contribution >= 4 is 17.6 Å². The van der Waals surface area contributed by atoms with Crippen molar-refractivity contribution in [3.63, 3.8) is 0 Å². The fourth-order valence-corrected chi connectivity index (χ4v) is 4.72. The number of hydrogen-bond acceptors (Lipinski definition) is 4. The van der Waals surface area contributed by atoms with E-state index in [1.54, 1.807) is 29.2 Å². The van der Waals surface area contributed by atoms with Gasteiger partial charge in [-0.15, -0.1) is 0 Å². The van der Waals surface area contributed by atoms with Crippen molar-refractivity contribution in [2.45, 2.75) is 18.4 Å². The summed E-state index contributed by atoms with van der Waals surface area (Å²) >= 11 is 0. The van der Waals surface area contributed by atoms with Gasteiger partial charge in [0.05, 0.1) is 5.57 Å². The van der Waals surface area contributed by atoms with Crippen molar-refractivity contribution < 1.29 is 18.8 Å². The number of carbonyl (C=O) groups is 3. The van der Waals surface area contributed by atoms with Crippen LogP contribution in [0.1, 0.15) is 38.6 Å². The molecule has 0 bridgehead atoms. The minimum atomic E-state index is -0.992. The Kier molecular flexibility index (Phi) is 6.14. The second-order valence-corrected chi connectivity index (χ2v) is 8.57. The highest BCUT2D eigenvalue weighted by Gasteiger charge is 2.46. The first-order valence-electron chi connectivity index (χ1n) is 11.5. The van der Waals surface area contributed by atoms with Crippen LogP contribution in [-0.2, 0) is 4.79 Å². The molecule has 1 fully saturated rings. The van der Waals surface area contributed by atoms with Crippen molar-refractivity contribution in [1.29, 1.82) is 0 Å². The molecule has 7 heteroatoms. The summed E-state index contributed by atoms with van der Waals surface area (Å²) < 4.78 is 13.6. The van der Waals surface area contributed by atoms with E-state index in [-0.39, 0.29) is 11.7 Å². The minimum Gasteiger partial charge on any atom is -0.371 e. The van der Waals surface area contributed by atoms with E-state index in [9.17, 15) is 18.8 Å². The van der Waals surface area contributed by atoms with Gasteiger partial charge >= 0.3 is 0 Å². The van der Waals surface area contributed by atoms with Crippen LogP contribution in [0.3, 0.4) is 0 Å². The molecule has 0 saturated carbocycles. The Labute approximate surface area is 202 Å². The molecular weight excluding hydrogens is 445 g/mol. The normalized spacial score (nSPS) is 19.6. The van der Waals surface area contributed by atoms with Crippen LogP contribution in [0, 0.1) is 5.82 Å². The molecule has 0 aromatic heterocycles. The summed E-state index contributed by atoms with van der Waals surface area (Å²) in [6, 6.07) is 22.2. The Morgan fingerprint density at radius 3 is 2.23 bits per heavy atom. The molecular formula is C28H24FN3O3. The molecule has 3 aromatic rings. The summed E-state index contributed by atoms with van der Waals surface area (Å²) in [6.07, 6.45) is 0.711. The number of Topliss-reactive ketones (excluding diaryl/α,β-unsaturated/α-hetero) is 1. The number of amides is 2. The predicted molar refractivity (Wildman–Crippen MR) is 129 cm³/mol. The molecule has 2 heterocycles. The van der Waals surface area contributed by atoms with E-state index in [2.05, 4.69) is 10.6 Å². The number of hydrogen-bond donors (Lipinski definition) is 2. The third-order valence-electron chi connectivity index (χ3n) is 6.38. The SMILES string of the molecule is O=C(NC1C(=O)N2CCCNC2=C(C(=O)c2ccc(F)cc2)C1c1ccccc1)c1ccccc1. The molecule has 1 saturated heterocycles. The summed E-state index contributed by atoms with van der Waals surface area (Å²) in [4.78, 5) is 42.3. The largest absolute Gasteiger partial charge is 0.371 e. The molecule has 3 aromatic carbocycles. The van der Waals surface area contributed by atoms with E-state index in [0.29, 0.717) is 42.0 Å². The molecule has 5 rings (SSSR count). The Morgan fingerprint density at radius 1 is 0.886 bits per heavy atom. The number of nitrogens with one attached hydrogen (secondary N) is 2. The lowest BCUT2D eigenvalue weighted by molar-refractivity contribution is -0.133. The van der Waals surface area contributed by atoms with Crippen LogP contribution in [0.25, 0.3) is 0 Å². The van der Waals surface area contributed by atoms with E-state index in [1.165, 1.54) is 24.3 Å². The predicted octanol–water partition coefficient (Wildman–Crippen LogP) is 3.64. The Balaban J connectivity index is 1.65. The zero-order valence-corrected chi connectivity index (χ0v) is 18.9. The fraction of sp³-hybridized carbons (Fsp3) is 0.179. The number of rotatable bonds is 5. The van der Waals surface area contributed by atoms with Crippen LogP contribution < -0.4 is 10.6 Å². The highest BCUT2D eigenvalue weighted by molar-refractivity contribution is 6.12. The Bertz CT molecular complexity index is 1290. The van der Waals surface area contributed by atoms with Crippen LogP contribution in [0.2, 0.25) is 0 Å². The van der Waals surface area contributed by atoms with Crippen molar-refractivity contribution in [3.05, 3.63) is 119 Å². The van der Waals surface area contributed by atoms with Gasteiger partial charge in [-0.25, -0.2) is 4.39 Å². The van der Waals surface area contributed by atoms with E-state index in [0.717, 1.165) is 5.56 Å². The van der Waals surface area contributed by atoms with Gasteiger partial charge in [0.2, 0.25) is 0 Å². The maximum absolute atomic E-state index is 13.9. The summed E-state index contributed by atoms with van der Waals surface area (Å²) in [7, 11) is 0. The van der Waals surface area contributed by atoms with Gasteiger partial charge in [0, 0.05) is 30.1 Å². The van der Waals surface area contributed by atoms with Gasteiger partial charge in [0.15, 0.2) is 5.78 Å². The van der Waals surface area contributed by atoms with Gasteiger partial charge in [0.1, 0.15) is 17.7 Å². The monoisotopic (exact) mass is 469 g/mol. The second kappa shape index (κ2) is 9.54. The number of fused-ring (bicyclic) bond motifs is 1. The quantitative estimate of drug-likeness (QED) is 0.560. The van der Waals surface area contributed by atoms with E-state index in [4.69, 9.17) is 0 Å². The average Bonchev–Trinajstić information content (AvgIpc) is 2.91. The van der Waals surface area contributed by atoms with Crippen molar-refractivity contribution in [2.24, 2.45) is 0 Å². The first kappa shape index (κ1) is 22.5. The molecule has 0 spiro atoms. The zero-order chi connectivity index (χ0) is 24.4. The van der Waals surface area contributed by atoms with Crippen LogP contribution in [0.5, 0.6) is 0 Å². The first-order chi connectivity index (χ1) is 17.0. The highest BCUT2D eigenvalue weighted by atomic mass is 19.1. The molecule has 6 nitrogen and oxygen atoms in total. The van der Waals surface area contributed by atoms with Crippen molar-refractivity contribution in [2.75, 3.05) is 13.1 Å². The molecule has 2 unspecified atom stereocenters. The summed E-state index contributed by atoms with van der Waals surface area (Å²) in [5.74, 6) is -1.71. The van der Waals surface area contributed by atoms with Crippen LogP contribution in [0.4, 0.5) is 4.39 Å².